The van der Waals surface area contributed by atoms with Gasteiger partial charge < -0.3 is 5.11 Å². The van der Waals surface area contributed by atoms with Crippen molar-refractivity contribution in [2.45, 2.75) is 33.6 Å². The molecule has 0 saturated carbocycles. The molecule has 0 aliphatic heterocycles. The third-order valence-corrected chi connectivity index (χ3v) is 1.10. The van der Waals surface area contributed by atoms with E-state index in [4.69, 9.17) is 5.11 Å². The second-order valence-electron chi connectivity index (χ2n) is 2.08. The number of hydrogen-bond donors (Lipinski definition) is 1. The van der Waals surface area contributed by atoms with Crippen LogP contribution in [0.4, 0.5) is 0 Å². The molecule has 0 spiro atoms. The second kappa shape index (κ2) is 9.88. The van der Waals surface area contributed by atoms with Crippen molar-refractivity contribution >= 4 is 11.8 Å². The lowest BCUT2D eigenvalue weighted by atomic mass is 10.3. The number of carboxylic acid groups (broad SMARTS) is 1. The van der Waals surface area contributed by atoms with E-state index in [1.165, 1.54) is 6.08 Å². The van der Waals surface area contributed by atoms with Crippen molar-refractivity contribution in [1.82, 2.24) is 0 Å². The van der Waals surface area contributed by atoms with E-state index >= 15 is 0 Å². The van der Waals surface area contributed by atoms with E-state index in [9.17, 15) is 9.59 Å². The molecule has 0 aromatic carbocycles. The van der Waals surface area contributed by atoms with Gasteiger partial charge in [0.1, 0.15) is 5.78 Å². The zero-order chi connectivity index (χ0) is 9.98. The van der Waals surface area contributed by atoms with Gasteiger partial charge in [-0.1, -0.05) is 19.9 Å². The van der Waals surface area contributed by atoms with Crippen LogP contribution < -0.4 is 0 Å². The van der Waals surface area contributed by atoms with E-state index in [-0.39, 0.29) is 0 Å². The number of rotatable bonds is 3. The van der Waals surface area contributed by atoms with E-state index in [1.807, 2.05) is 13.8 Å². The maximum atomic E-state index is 10.2. The third kappa shape index (κ3) is 15.9. The maximum Gasteiger partial charge on any atom is 0.327 e. The van der Waals surface area contributed by atoms with Crippen molar-refractivity contribution < 1.29 is 14.7 Å². The molecule has 0 aromatic rings. The van der Waals surface area contributed by atoms with E-state index in [2.05, 4.69) is 0 Å². The highest BCUT2D eigenvalue weighted by molar-refractivity contribution is 5.79. The summed E-state index contributed by atoms with van der Waals surface area (Å²) in [6.07, 6.45) is 3.94. The van der Waals surface area contributed by atoms with Crippen LogP contribution in [0.15, 0.2) is 12.2 Å². The van der Waals surface area contributed by atoms with Gasteiger partial charge in [-0.15, -0.1) is 0 Å². The van der Waals surface area contributed by atoms with Crippen LogP contribution in [0.2, 0.25) is 0 Å². The van der Waals surface area contributed by atoms with Crippen molar-refractivity contribution in [2.24, 2.45) is 0 Å². The Morgan fingerprint density at radius 1 is 1.25 bits per heavy atom. The molecule has 0 aromatic heterocycles. The first-order chi connectivity index (χ1) is 5.58. The van der Waals surface area contributed by atoms with Gasteiger partial charge in [-0.3, -0.25) is 4.79 Å². The number of carbonyl (C=O) groups is 2. The van der Waals surface area contributed by atoms with Crippen LogP contribution in [0.25, 0.3) is 0 Å². The van der Waals surface area contributed by atoms with E-state index in [0.717, 1.165) is 6.08 Å². The molecule has 3 nitrogen and oxygen atoms in total. The van der Waals surface area contributed by atoms with Gasteiger partial charge in [0, 0.05) is 18.9 Å². The molecule has 0 radical (unpaired) electrons. The standard InChI is InChI=1S/C5H10O.C4H6O2/c1-3-5(6)4-2;1-2-3-4(5)6/h3-4H2,1-2H3;2-3H,1H3,(H,5,6). The number of aliphatic carboxylic acids is 1. The lowest BCUT2D eigenvalue weighted by Gasteiger charge is -1.81. The molecule has 0 fully saturated rings. The largest absolute Gasteiger partial charge is 0.478 e. The molecule has 0 bridgehead atoms. The zero-order valence-electron chi connectivity index (χ0n) is 7.83. The number of ketones is 1. The molecule has 70 valence electrons. The van der Waals surface area contributed by atoms with E-state index in [0.29, 0.717) is 18.6 Å². The maximum absolute atomic E-state index is 10.2. The molecule has 0 amide bonds. The highest BCUT2D eigenvalue weighted by Crippen LogP contribution is 1.83. The molecule has 3 heteroatoms. The summed E-state index contributed by atoms with van der Waals surface area (Å²) in [4.78, 5) is 19.7. The van der Waals surface area contributed by atoms with Gasteiger partial charge in [0.25, 0.3) is 0 Å². The number of hydrogen-bond acceptors (Lipinski definition) is 2. The van der Waals surface area contributed by atoms with Crippen molar-refractivity contribution in [2.75, 3.05) is 0 Å². The Morgan fingerprint density at radius 2 is 1.67 bits per heavy atom. The normalized spacial score (nSPS) is 8.92. The van der Waals surface area contributed by atoms with Crippen molar-refractivity contribution in [3.63, 3.8) is 0 Å². The molecule has 0 atom stereocenters. The highest BCUT2D eigenvalue weighted by atomic mass is 16.4. The number of allylic oxidation sites excluding steroid dienone is 1. The molecular weight excluding hydrogens is 156 g/mol. The van der Waals surface area contributed by atoms with Gasteiger partial charge in [-0.25, -0.2) is 4.79 Å². The van der Waals surface area contributed by atoms with Crippen LogP contribution in [0.3, 0.4) is 0 Å². The van der Waals surface area contributed by atoms with Crippen LogP contribution in [0, 0.1) is 0 Å². The first-order valence-electron chi connectivity index (χ1n) is 3.95. The van der Waals surface area contributed by atoms with Crippen LogP contribution >= 0.6 is 0 Å². The predicted molar refractivity (Wildman–Crippen MR) is 48.0 cm³/mol. The first kappa shape index (κ1) is 13.5. The quantitative estimate of drug-likeness (QED) is 0.662. The minimum Gasteiger partial charge on any atom is -0.478 e. The minimum absolute atomic E-state index is 0.343. The topological polar surface area (TPSA) is 54.4 Å². The number of carbonyl (C=O) groups excluding carboxylic acids is 1. The summed E-state index contributed by atoms with van der Waals surface area (Å²) in [6.45, 7) is 5.42. The molecule has 0 saturated heterocycles. The van der Waals surface area contributed by atoms with Crippen molar-refractivity contribution in [3.05, 3.63) is 12.2 Å². The molecule has 12 heavy (non-hydrogen) atoms. The van der Waals surface area contributed by atoms with Crippen LogP contribution in [-0.4, -0.2) is 16.9 Å². The van der Waals surface area contributed by atoms with Crippen molar-refractivity contribution in [3.8, 4) is 0 Å². The van der Waals surface area contributed by atoms with Gasteiger partial charge in [0.2, 0.25) is 0 Å². The van der Waals surface area contributed by atoms with Crippen LogP contribution in [-0.2, 0) is 9.59 Å². The number of Topliss-reactive ketones (excluding diaryl/α,β-unsaturated/α-hetero) is 1. The lowest BCUT2D eigenvalue weighted by molar-refractivity contribution is -0.131. The summed E-state index contributed by atoms with van der Waals surface area (Å²) in [5, 5.41) is 7.83. The van der Waals surface area contributed by atoms with E-state index in [1.54, 1.807) is 6.92 Å². The monoisotopic (exact) mass is 172 g/mol. The van der Waals surface area contributed by atoms with Gasteiger partial charge in [-0.05, 0) is 6.92 Å². The first-order valence-corrected chi connectivity index (χ1v) is 3.95. The Balaban J connectivity index is 0. The van der Waals surface area contributed by atoms with Crippen LogP contribution in [0.1, 0.15) is 33.6 Å². The Bertz CT molecular complexity index is 153. The second-order valence-corrected chi connectivity index (χ2v) is 2.08. The average Bonchev–Trinajstić information content (AvgIpc) is 2.04. The molecule has 1 N–H and O–H groups in total. The van der Waals surface area contributed by atoms with Crippen LogP contribution in [0.5, 0.6) is 0 Å². The van der Waals surface area contributed by atoms with Crippen molar-refractivity contribution in [1.29, 1.82) is 0 Å². The SMILES string of the molecule is CC=CC(=O)O.CCC(=O)CC. The smallest absolute Gasteiger partial charge is 0.327 e. The molecule has 0 heterocycles. The summed E-state index contributed by atoms with van der Waals surface area (Å²) in [6, 6.07) is 0. The molecule has 0 rings (SSSR count). The highest BCUT2D eigenvalue weighted by Gasteiger charge is 1.86. The van der Waals surface area contributed by atoms with E-state index < -0.39 is 5.97 Å². The van der Waals surface area contributed by atoms with Gasteiger partial charge in [0.05, 0.1) is 0 Å². The lowest BCUT2D eigenvalue weighted by Crippen LogP contribution is -1.88. The summed E-state index contributed by atoms with van der Waals surface area (Å²) in [5.74, 6) is -0.549. The molecular formula is C9H16O3. The third-order valence-electron chi connectivity index (χ3n) is 1.10. The zero-order valence-corrected chi connectivity index (χ0v) is 7.83. The molecule has 0 aliphatic rings. The molecule has 0 unspecified atom stereocenters. The Hall–Kier alpha value is -1.12. The summed E-state index contributed by atoms with van der Waals surface area (Å²) < 4.78 is 0. The van der Waals surface area contributed by atoms with Gasteiger partial charge >= 0.3 is 5.97 Å². The van der Waals surface area contributed by atoms with Gasteiger partial charge in [0.15, 0.2) is 0 Å². The Kier molecular flexibility index (Phi) is 11.1. The average molecular weight is 172 g/mol. The fourth-order valence-corrected chi connectivity index (χ4v) is 0.393. The van der Waals surface area contributed by atoms with Gasteiger partial charge in [-0.2, -0.15) is 0 Å². The minimum atomic E-state index is -0.891. The summed E-state index contributed by atoms with van der Waals surface area (Å²) >= 11 is 0. The summed E-state index contributed by atoms with van der Waals surface area (Å²) in [7, 11) is 0. The summed E-state index contributed by atoms with van der Waals surface area (Å²) in [5.41, 5.74) is 0. The Labute approximate surface area is 73.1 Å². The fourth-order valence-electron chi connectivity index (χ4n) is 0.393. The fraction of sp³-hybridized carbons (Fsp3) is 0.556. The molecule has 0 aliphatic carbocycles. The predicted octanol–water partition coefficient (Wildman–Crippen LogP) is 2.02. The number of carboxylic acids is 1. The Morgan fingerprint density at radius 3 is 1.67 bits per heavy atom.